The van der Waals surface area contributed by atoms with Gasteiger partial charge in [0.05, 0.1) is 23.7 Å². The molecule has 1 saturated carbocycles. The third-order valence-corrected chi connectivity index (χ3v) is 7.88. The molecule has 0 radical (unpaired) electrons. The first kappa shape index (κ1) is 24.0. The van der Waals surface area contributed by atoms with E-state index >= 15 is 0 Å². The van der Waals surface area contributed by atoms with E-state index in [1.54, 1.807) is 55.6 Å². The van der Waals surface area contributed by atoms with Crippen LogP contribution in [0.25, 0.3) is 0 Å². The van der Waals surface area contributed by atoms with Gasteiger partial charge in [0.15, 0.2) is 0 Å². The molecule has 1 aliphatic rings. The van der Waals surface area contributed by atoms with Gasteiger partial charge in [0.2, 0.25) is 0 Å². The quantitative estimate of drug-likeness (QED) is 0.473. The Balaban J connectivity index is 1.48. The Bertz CT molecular complexity index is 1200. The fraction of sp³-hybridized carbons (Fsp3) is 0.296. The van der Waals surface area contributed by atoms with Gasteiger partial charge in [-0.1, -0.05) is 60.7 Å². The molecule has 1 fully saturated rings. The van der Waals surface area contributed by atoms with Crippen molar-refractivity contribution in [2.75, 3.05) is 13.7 Å². The predicted molar refractivity (Wildman–Crippen MR) is 130 cm³/mol. The van der Waals surface area contributed by atoms with Gasteiger partial charge < -0.3 is 10.1 Å². The normalized spacial score (nSPS) is 20.4. The Morgan fingerprint density at radius 2 is 1.50 bits per heavy atom. The maximum Gasteiger partial charge on any atom is 0.297 e. The molecule has 0 heterocycles. The first-order valence-electron chi connectivity index (χ1n) is 11.4. The average Bonchev–Trinajstić information content (AvgIpc) is 2.89. The fourth-order valence-corrected chi connectivity index (χ4v) is 5.75. The second kappa shape index (κ2) is 10.4. The molecule has 0 bridgehead atoms. The number of hydrogen-bond acceptors (Lipinski definition) is 5. The molecule has 0 aliphatic heterocycles. The van der Waals surface area contributed by atoms with E-state index in [1.807, 2.05) is 24.3 Å². The van der Waals surface area contributed by atoms with Crippen LogP contribution in [0, 0.1) is 0 Å². The minimum atomic E-state index is -3.81. The van der Waals surface area contributed by atoms with Crippen LogP contribution in [0.15, 0.2) is 89.8 Å². The van der Waals surface area contributed by atoms with Gasteiger partial charge in [0.25, 0.3) is 16.0 Å². The second-order valence-corrected chi connectivity index (χ2v) is 10.2. The molecular weight excluding hydrogens is 450 g/mol. The number of carbonyl (C=O) groups is 1. The van der Waals surface area contributed by atoms with Crippen LogP contribution in [0.2, 0.25) is 0 Å². The Labute approximate surface area is 201 Å². The third kappa shape index (κ3) is 5.32. The zero-order valence-corrected chi connectivity index (χ0v) is 20.0. The number of ether oxygens (including phenoxy) is 1. The summed E-state index contributed by atoms with van der Waals surface area (Å²) in [6, 6.07) is 25.4. The van der Waals surface area contributed by atoms with Crippen molar-refractivity contribution in [2.24, 2.45) is 0 Å². The van der Waals surface area contributed by atoms with E-state index in [0.29, 0.717) is 43.5 Å². The number of hydrogen-bond donors (Lipinski definition) is 1. The highest BCUT2D eigenvalue weighted by Crippen LogP contribution is 2.40. The van der Waals surface area contributed by atoms with Crippen molar-refractivity contribution in [1.29, 1.82) is 0 Å². The molecule has 34 heavy (non-hydrogen) atoms. The lowest BCUT2D eigenvalue weighted by Gasteiger charge is -2.40. The highest BCUT2D eigenvalue weighted by Gasteiger charge is 2.39. The molecule has 3 aromatic rings. The SMILES string of the molecule is COc1ccccc1C(=O)NC[C@]1(c2ccccc2)CC[C@H](OS(=O)(=O)c2ccccc2)CC1. The zero-order chi connectivity index (χ0) is 24.0. The van der Waals surface area contributed by atoms with Gasteiger partial charge in [-0.15, -0.1) is 0 Å². The first-order valence-corrected chi connectivity index (χ1v) is 12.8. The lowest BCUT2D eigenvalue weighted by molar-refractivity contribution is 0.0907. The number of nitrogens with one attached hydrogen (secondary N) is 1. The van der Waals surface area contributed by atoms with Crippen molar-refractivity contribution < 1.29 is 22.1 Å². The molecule has 178 valence electrons. The topological polar surface area (TPSA) is 81.7 Å². The Morgan fingerprint density at radius 1 is 0.912 bits per heavy atom. The van der Waals surface area contributed by atoms with Crippen LogP contribution < -0.4 is 10.1 Å². The lowest BCUT2D eigenvalue weighted by Crippen LogP contribution is -2.44. The van der Waals surface area contributed by atoms with Crippen LogP contribution in [0.1, 0.15) is 41.6 Å². The Kier molecular flexibility index (Phi) is 7.34. The molecule has 0 unspecified atom stereocenters. The molecule has 0 aromatic heterocycles. The molecular formula is C27H29NO5S. The number of methoxy groups -OCH3 is 1. The number of amides is 1. The summed E-state index contributed by atoms with van der Waals surface area (Å²) in [5, 5.41) is 3.09. The van der Waals surface area contributed by atoms with Crippen LogP contribution in [0.3, 0.4) is 0 Å². The summed E-state index contributed by atoms with van der Waals surface area (Å²) >= 11 is 0. The summed E-state index contributed by atoms with van der Waals surface area (Å²) < 4.78 is 36.3. The van der Waals surface area contributed by atoms with Gasteiger partial charge >= 0.3 is 0 Å². The maximum absolute atomic E-state index is 13.0. The van der Waals surface area contributed by atoms with Crippen molar-refractivity contribution in [3.8, 4) is 5.75 Å². The van der Waals surface area contributed by atoms with E-state index in [1.165, 1.54) is 0 Å². The highest BCUT2D eigenvalue weighted by molar-refractivity contribution is 7.86. The number of rotatable bonds is 8. The molecule has 0 saturated heterocycles. The highest BCUT2D eigenvalue weighted by atomic mass is 32.2. The van der Waals surface area contributed by atoms with Gasteiger partial charge in [-0.05, 0) is 55.5 Å². The van der Waals surface area contributed by atoms with E-state index < -0.39 is 16.2 Å². The van der Waals surface area contributed by atoms with Crippen molar-refractivity contribution in [3.63, 3.8) is 0 Å². The van der Waals surface area contributed by atoms with Gasteiger partial charge in [-0.25, -0.2) is 0 Å². The van der Waals surface area contributed by atoms with Gasteiger partial charge in [0, 0.05) is 12.0 Å². The summed E-state index contributed by atoms with van der Waals surface area (Å²) in [5.74, 6) is 0.328. The number of carbonyl (C=O) groups excluding carboxylic acids is 1. The molecule has 0 spiro atoms. The maximum atomic E-state index is 13.0. The summed E-state index contributed by atoms with van der Waals surface area (Å²) in [5.41, 5.74) is 1.30. The molecule has 4 rings (SSSR count). The van der Waals surface area contributed by atoms with Crippen molar-refractivity contribution in [2.45, 2.75) is 42.1 Å². The molecule has 0 atom stereocenters. The Morgan fingerprint density at radius 3 is 2.15 bits per heavy atom. The molecule has 1 aliphatic carbocycles. The lowest BCUT2D eigenvalue weighted by atomic mass is 9.68. The summed E-state index contributed by atoms with van der Waals surface area (Å²) in [6.07, 6.45) is 2.14. The van der Waals surface area contributed by atoms with E-state index in [4.69, 9.17) is 8.92 Å². The van der Waals surface area contributed by atoms with E-state index in [9.17, 15) is 13.2 Å². The molecule has 6 nitrogen and oxygen atoms in total. The van der Waals surface area contributed by atoms with Gasteiger partial charge in [0.1, 0.15) is 5.75 Å². The van der Waals surface area contributed by atoms with Crippen molar-refractivity contribution >= 4 is 16.0 Å². The van der Waals surface area contributed by atoms with E-state index in [2.05, 4.69) is 17.4 Å². The largest absolute Gasteiger partial charge is 0.496 e. The molecule has 7 heteroatoms. The van der Waals surface area contributed by atoms with Crippen LogP contribution in [-0.4, -0.2) is 34.1 Å². The summed E-state index contributed by atoms with van der Waals surface area (Å²) in [7, 11) is -2.27. The molecule has 1 N–H and O–H groups in total. The minimum absolute atomic E-state index is 0.166. The monoisotopic (exact) mass is 479 g/mol. The summed E-state index contributed by atoms with van der Waals surface area (Å²) in [4.78, 5) is 13.1. The van der Waals surface area contributed by atoms with Gasteiger partial charge in [-0.2, -0.15) is 8.42 Å². The van der Waals surface area contributed by atoms with Crippen molar-refractivity contribution in [1.82, 2.24) is 5.32 Å². The van der Waals surface area contributed by atoms with Gasteiger partial charge in [-0.3, -0.25) is 8.98 Å². The fourth-order valence-electron chi connectivity index (χ4n) is 4.60. The van der Waals surface area contributed by atoms with Crippen LogP contribution in [0.5, 0.6) is 5.75 Å². The number of benzene rings is 3. The molecule has 3 aromatic carbocycles. The summed E-state index contributed by atoms with van der Waals surface area (Å²) in [6.45, 7) is 0.437. The smallest absolute Gasteiger partial charge is 0.297 e. The van der Waals surface area contributed by atoms with Crippen LogP contribution in [0.4, 0.5) is 0 Å². The first-order chi connectivity index (χ1) is 16.4. The predicted octanol–water partition coefficient (Wildman–Crippen LogP) is 4.71. The van der Waals surface area contributed by atoms with Crippen LogP contribution in [-0.2, 0) is 19.7 Å². The Hall–Kier alpha value is -3.16. The zero-order valence-electron chi connectivity index (χ0n) is 19.1. The van der Waals surface area contributed by atoms with E-state index in [-0.39, 0.29) is 16.2 Å². The van der Waals surface area contributed by atoms with Crippen molar-refractivity contribution in [3.05, 3.63) is 96.1 Å². The van der Waals surface area contributed by atoms with Crippen LogP contribution >= 0.6 is 0 Å². The molecule has 1 amide bonds. The average molecular weight is 480 g/mol. The van der Waals surface area contributed by atoms with E-state index in [0.717, 1.165) is 5.56 Å². The standard InChI is InChI=1S/C27H29NO5S/c1-32-25-15-9-8-14-24(25)26(29)28-20-27(21-10-4-2-5-11-21)18-16-22(17-19-27)33-34(30,31)23-12-6-3-7-13-23/h2-15,22H,16-20H2,1H3,(H,28,29)/t22-,27-. The minimum Gasteiger partial charge on any atom is -0.496 e. The number of para-hydroxylation sites is 1. The third-order valence-electron chi connectivity index (χ3n) is 6.51. The second-order valence-electron chi connectivity index (χ2n) is 8.59.